The molecule has 0 unspecified atom stereocenters. The molecule has 0 bridgehead atoms. The molecule has 3 N–H and O–H groups in total. The molecular formula is C15H14ClNO3. The number of hydrogen-bond donors (Lipinski definition) is 2. The smallest absolute Gasteiger partial charge is 0.339 e. The van der Waals surface area contributed by atoms with E-state index in [1.165, 1.54) is 12.1 Å². The van der Waals surface area contributed by atoms with E-state index in [-0.39, 0.29) is 22.0 Å². The summed E-state index contributed by atoms with van der Waals surface area (Å²) in [5, 5.41) is 9.37. The number of hydrogen-bond acceptors (Lipinski definition) is 3. The summed E-state index contributed by atoms with van der Waals surface area (Å²) >= 11 is 6.03. The third kappa shape index (κ3) is 3.03. The number of aryl methyl sites for hydroxylation is 1. The molecule has 2 rings (SSSR count). The molecule has 0 saturated heterocycles. The molecule has 5 heteroatoms. The van der Waals surface area contributed by atoms with E-state index in [1.54, 1.807) is 6.07 Å². The number of carboxylic acid groups (broad SMARTS) is 1. The maximum Gasteiger partial charge on any atom is 0.339 e. The highest BCUT2D eigenvalue weighted by atomic mass is 35.5. The summed E-state index contributed by atoms with van der Waals surface area (Å²) in [6.07, 6.45) is 0.860. The lowest BCUT2D eigenvalue weighted by Crippen LogP contribution is -2.02. The molecule has 0 spiro atoms. The van der Waals surface area contributed by atoms with Crippen LogP contribution in [-0.4, -0.2) is 11.1 Å². The molecule has 0 fully saturated rings. The van der Waals surface area contributed by atoms with E-state index < -0.39 is 5.97 Å². The summed E-state index contributed by atoms with van der Waals surface area (Å²) in [7, 11) is 0. The molecule has 0 aliphatic carbocycles. The van der Waals surface area contributed by atoms with Crippen LogP contribution < -0.4 is 10.5 Å². The van der Waals surface area contributed by atoms with Gasteiger partial charge in [-0.15, -0.1) is 0 Å². The first-order valence-corrected chi connectivity index (χ1v) is 6.48. The predicted molar refractivity (Wildman–Crippen MR) is 78.7 cm³/mol. The Morgan fingerprint density at radius 1 is 1.35 bits per heavy atom. The fourth-order valence-electron chi connectivity index (χ4n) is 1.82. The van der Waals surface area contributed by atoms with Crippen LogP contribution in [0, 0.1) is 0 Å². The van der Waals surface area contributed by atoms with Crippen molar-refractivity contribution in [3.63, 3.8) is 0 Å². The first-order chi connectivity index (χ1) is 9.51. The second-order valence-corrected chi connectivity index (χ2v) is 4.69. The van der Waals surface area contributed by atoms with Gasteiger partial charge in [0.05, 0.1) is 5.02 Å². The van der Waals surface area contributed by atoms with Gasteiger partial charge in [-0.25, -0.2) is 4.79 Å². The summed E-state index contributed by atoms with van der Waals surface area (Å²) in [6.45, 7) is 2.03. The fourth-order valence-corrected chi connectivity index (χ4v) is 2.09. The van der Waals surface area contributed by atoms with Gasteiger partial charge in [-0.1, -0.05) is 30.7 Å². The second-order valence-electron chi connectivity index (χ2n) is 4.29. The van der Waals surface area contributed by atoms with E-state index in [2.05, 4.69) is 0 Å². The minimum Gasteiger partial charge on any atom is -0.478 e. The number of nitrogen functional groups attached to an aromatic ring is 1. The highest BCUT2D eigenvalue weighted by Gasteiger charge is 2.17. The molecule has 2 aromatic carbocycles. The average molecular weight is 292 g/mol. The number of carboxylic acids is 1. The zero-order valence-electron chi connectivity index (χ0n) is 10.9. The first kappa shape index (κ1) is 14.2. The van der Waals surface area contributed by atoms with Crippen LogP contribution in [0.5, 0.6) is 11.5 Å². The Hall–Kier alpha value is -2.20. The van der Waals surface area contributed by atoms with Crippen molar-refractivity contribution in [2.24, 2.45) is 0 Å². The van der Waals surface area contributed by atoms with Gasteiger partial charge < -0.3 is 15.6 Å². The monoisotopic (exact) mass is 291 g/mol. The zero-order valence-corrected chi connectivity index (χ0v) is 11.6. The van der Waals surface area contributed by atoms with Gasteiger partial charge in [-0.2, -0.15) is 0 Å². The van der Waals surface area contributed by atoms with Crippen molar-refractivity contribution in [2.75, 3.05) is 5.73 Å². The van der Waals surface area contributed by atoms with Crippen LogP contribution in [0.2, 0.25) is 5.02 Å². The standard InChI is InChI=1S/C15H14ClNO3/c1-2-9-4-3-5-11(6-9)20-14-12(15(18)19)7-10(17)8-13(14)16/h3-8H,2,17H2,1H3,(H,18,19). The third-order valence-electron chi connectivity index (χ3n) is 2.82. The van der Waals surface area contributed by atoms with Crippen LogP contribution in [0.1, 0.15) is 22.8 Å². The van der Waals surface area contributed by atoms with Crippen LogP contribution in [0.4, 0.5) is 5.69 Å². The van der Waals surface area contributed by atoms with Gasteiger partial charge in [-0.3, -0.25) is 0 Å². The fraction of sp³-hybridized carbons (Fsp3) is 0.133. The molecule has 0 saturated carbocycles. The van der Waals surface area contributed by atoms with Crippen LogP contribution in [0.25, 0.3) is 0 Å². The van der Waals surface area contributed by atoms with Crippen LogP contribution in [-0.2, 0) is 6.42 Å². The van der Waals surface area contributed by atoms with Gasteiger partial charge in [0.1, 0.15) is 11.3 Å². The maximum absolute atomic E-state index is 11.2. The van der Waals surface area contributed by atoms with E-state index in [1.807, 2.05) is 25.1 Å². The van der Waals surface area contributed by atoms with Crippen molar-refractivity contribution in [1.29, 1.82) is 0 Å². The molecule has 104 valence electrons. The number of anilines is 1. The van der Waals surface area contributed by atoms with Gasteiger partial charge in [0.15, 0.2) is 5.75 Å². The van der Waals surface area contributed by atoms with E-state index in [0.717, 1.165) is 12.0 Å². The summed E-state index contributed by atoms with van der Waals surface area (Å²) in [4.78, 5) is 11.2. The number of aromatic carboxylic acids is 1. The highest BCUT2D eigenvalue weighted by Crippen LogP contribution is 2.35. The Kier molecular flexibility index (Phi) is 4.15. The Morgan fingerprint density at radius 3 is 2.75 bits per heavy atom. The van der Waals surface area contributed by atoms with Crippen molar-refractivity contribution >= 4 is 23.3 Å². The zero-order chi connectivity index (χ0) is 14.7. The van der Waals surface area contributed by atoms with Gasteiger partial charge in [0.25, 0.3) is 0 Å². The molecule has 2 aromatic rings. The SMILES string of the molecule is CCc1cccc(Oc2c(Cl)cc(N)cc2C(=O)O)c1. The van der Waals surface area contributed by atoms with E-state index >= 15 is 0 Å². The minimum absolute atomic E-state index is 0.0584. The molecule has 0 amide bonds. The average Bonchev–Trinajstić information content (AvgIpc) is 2.41. The van der Waals surface area contributed by atoms with Crippen molar-refractivity contribution in [3.05, 3.63) is 52.5 Å². The molecule has 0 radical (unpaired) electrons. The molecule has 0 aliphatic heterocycles. The Morgan fingerprint density at radius 2 is 2.10 bits per heavy atom. The van der Waals surface area contributed by atoms with Crippen LogP contribution >= 0.6 is 11.6 Å². The van der Waals surface area contributed by atoms with Gasteiger partial charge in [0.2, 0.25) is 0 Å². The number of benzene rings is 2. The summed E-state index contributed by atoms with van der Waals surface area (Å²) in [5.41, 5.74) is 6.91. The van der Waals surface area contributed by atoms with Gasteiger partial charge >= 0.3 is 5.97 Å². The predicted octanol–water partition coefficient (Wildman–Crippen LogP) is 3.98. The highest BCUT2D eigenvalue weighted by molar-refractivity contribution is 6.33. The van der Waals surface area contributed by atoms with Crippen molar-refractivity contribution in [1.82, 2.24) is 0 Å². The number of nitrogens with two attached hydrogens (primary N) is 1. The second kappa shape index (κ2) is 5.84. The summed E-state index contributed by atoms with van der Waals surface area (Å²) in [5.74, 6) is -0.499. The third-order valence-corrected chi connectivity index (χ3v) is 3.10. The Labute approximate surface area is 121 Å². The Bertz CT molecular complexity index is 656. The van der Waals surface area contributed by atoms with Crippen molar-refractivity contribution in [3.8, 4) is 11.5 Å². The first-order valence-electron chi connectivity index (χ1n) is 6.10. The van der Waals surface area contributed by atoms with Crippen molar-refractivity contribution in [2.45, 2.75) is 13.3 Å². The maximum atomic E-state index is 11.2. The summed E-state index contributed by atoms with van der Waals surface area (Å²) in [6, 6.07) is 10.2. The topological polar surface area (TPSA) is 72.5 Å². The Balaban J connectivity index is 2.44. The van der Waals surface area contributed by atoms with Crippen LogP contribution in [0.15, 0.2) is 36.4 Å². The lowest BCUT2D eigenvalue weighted by Gasteiger charge is -2.12. The van der Waals surface area contributed by atoms with Crippen molar-refractivity contribution < 1.29 is 14.6 Å². The van der Waals surface area contributed by atoms with Gasteiger partial charge in [0, 0.05) is 5.69 Å². The minimum atomic E-state index is -1.14. The normalized spacial score (nSPS) is 10.3. The molecule has 0 aliphatic rings. The molecule has 4 nitrogen and oxygen atoms in total. The quantitative estimate of drug-likeness (QED) is 0.836. The van der Waals surface area contributed by atoms with Gasteiger partial charge in [-0.05, 0) is 36.2 Å². The molecule has 0 atom stereocenters. The molecular weight excluding hydrogens is 278 g/mol. The number of ether oxygens (including phenoxy) is 1. The largest absolute Gasteiger partial charge is 0.478 e. The van der Waals surface area contributed by atoms with E-state index in [0.29, 0.717) is 5.75 Å². The van der Waals surface area contributed by atoms with E-state index in [4.69, 9.17) is 22.1 Å². The molecule has 20 heavy (non-hydrogen) atoms. The molecule has 0 heterocycles. The lowest BCUT2D eigenvalue weighted by atomic mass is 10.1. The number of rotatable bonds is 4. The molecule has 0 aromatic heterocycles. The lowest BCUT2D eigenvalue weighted by molar-refractivity contribution is 0.0694. The number of halogens is 1. The van der Waals surface area contributed by atoms with Crippen LogP contribution in [0.3, 0.4) is 0 Å². The van der Waals surface area contributed by atoms with E-state index in [9.17, 15) is 9.90 Å². The number of carbonyl (C=O) groups is 1. The summed E-state index contributed by atoms with van der Waals surface area (Å²) < 4.78 is 5.63.